The molecule has 5 rings (SSSR count). The maximum absolute atomic E-state index is 13.5. The van der Waals surface area contributed by atoms with Gasteiger partial charge in [0.15, 0.2) is 14.0 Å². The van der Waals surface area contributed by atoms with Gasteiger partial charge < -0.3 is 14.9 Å². The van der Waals surface area contributed by atoms with Crippen LogP contribution in [0.1, 0.15) is 36.4 Å². The first-order valence-corrected chi connectivity index (χ1v) is 15.3. The van der Waals surface area contributed by atoms with Crippen LogP contribution in [0, 0.1) is 5.92 Å². The molecule has 186 valence electrons. The normalized spacial score (nSPS) is 21.4. The maximum atomic E-state index is 13.5. The van der Waals surface area contributed by atoms with Gasteiger partial charge in [0.1, 0.15) is 17.1 Å². The van der Waals surface area contributed by atoms with Gasteiger partial charge in [-0.15, -0.1) is 11.8 Å². The molecule has 2 atom stereocenters. The van der Waals surface area contributed by atoms with E-state index in [-0.39, 0.29) is 23.1 Å². The van der Waals surface area contributed by atoms with Crippen LogP contribution in [0.15, 0.2) is 39.2 Å². The lowest BCUT2D eigenvalue weighted by Gasteiger charge is -2.25. The molecule has 0 saturated heterocycles. The van der Waals surface area contributed by atoms with Gasteiger partial charge in [-0.3, -0.25) is 9.52 Å². The largest absolute Gasteiger partial charge is 0.505 e. The Hall–Kier alpha value is -2.40. The van der Waals surface area contributed by atoms with Crippen molar-refractivity contribution in [3.63, 3.8) is 0 Å². The zero-order valence-electron chi connectivity index (χ0n) is 19.3. The molecule has 2 aliphatic heterocycles. The monoisotopic (exact) mass is 535 g/mol. The van der Waals surface area contributed by atoms with Crippen LogP contribution in [-0.4, -0.2) is 48.3 Å². The van der Waals surface area contributed by atoms with E-state index in [1.165, 1.54) is 24.6 Å². The molecule has 3 N–H and O–H groups in total. The minimum Gasteiger partial charge on any atom is -0.505 e. The Morgan fingerprint density at radius 2 is 2.17 bits per heavy atom. The highest BCUT2D eigenvalue weighted by molar-refractivity contribution is 8.02. The van der Waals surface area contributed by atoms with Crippen LogP contribution >= 0.6 is 20.1 Å². The molecule has 10 nitrogen and oxygen atoms in total. The zero-order valence-corrected chi connectivity index (χ0v) is 21.8. The number of nitrogens with zero attached hydrogens (tertiary/aromatic N) is 3. The van der Waals surface area contributed by atoms with Crippen LogP contribution < -0.4 is 20.9 Å². The standard InChI is InChI=1S/C22H26N5O5PS2/c1-32-33-17-11-15(26-35(2,30)31)5-6-16(17)23-21(25-33)18-20(28)19(14-8-10-34-12-14)24-27(22(18)29)9-7-13-3-4-13/h5-6,8,10-11,13-14,26,28H,3-4,7,9,12H2,1-2H3,(H,23,25). The summed E-state index contributed by atoms with van der Waals surface area (Å²) in [6.45, 7) is 0.483. The van der Waals surface area contributed by atoms with Crippen LogP contribution in [0.4, 0.5) is 11.4 Å². The second kappa shape index (κ2) is 9.57. The first kappa shape index (κ1) is 24.3. The van der Waals surface area contributed by atoms with Crippen molar-refractivity contribution in [2.24, 2.45) is 10.7 Å². The summed E-state index contributed by atoms with van der Waals surface area (Å²) in [5.41, 5.74) is 1.14. The molecule has 0 bridgehead atoms. The van der Waals surface area contributed by atoms with Gasteiger partial charge in [-0.25, -0.2) is 17.9 Å². The number of amidine groups is 1. The molecular weight excluding hydrogens is 509 g/mol. The van der Waals surface area contributed by atoms with E-state index in [9.17, 15) is 18.3 Å². The lowest BCUT2D eigenvalue weighted by molar-refractivity contribution is 0.437. The summed E-state index contributed by atoms with van der Waals surface area (Å²) in [6.07, 6.45) is 6.28. The second-order valence-electron chi connectivity index (χ2n) is 8.77. The van der Waals surface area contributed by atoms with Crippen molar-refractivity contribution < 1.29 is 18.0 Å². The molecule has 0 radical (unpaired) electrons. The molecule has 1 saturated carbocycles. The molecule has 35 heavy (non-hydrogen) atoms. The maximum Gasteiger partial charge on any atom is 0.281 e. The van der Waals surface area contributed by atoms with Gasteiger partial charge in [-0.2, -0.15) is 5.10 Å². The Bertz CT molecular complexity index is 1390. The number of rotatable bonds is 8. The van der Waals surface area contributed by atoms with Gasteiger partial charge in [-0.05, 0) is 35.9 Å². The highest BCUT2D eigenvalue weighted by atomic mass is 32.2. The zero-order chi connectivity index (χ0) is 24.7. The van der Waals surface area contributed by atoms with E-state index in [2.05, 4.69) is 19.9 Å². The first-order chi connectivity index (χ1) is 16.7. The molecule has 1 fully saturated rings. The Morgan fingerprint density at radius 1 is 1.37 bits per heavy atom. The number of thioether (sulfide) groups is 1. The quantitative estimate of drug-likeness (QED) is 0.439. The Balaban J connectivity index is 1.57. The third-order valence-corrected chi connectivity index (χ3v) is 9.01. The third kappa shape index (κ3) is 5.25. The minimum atomic E-state index is -3.45. The highest BCUT2D eigenvalue weighted by Crippen LogP contribution is 2.44. The average Bonchev–Trinajstić information content (AvgIpc) is 3.48. The third-order valence-electron chi connectivity index (χ3n) is 6.00. The number of anilines is 2. The van der Waals surface area contributed by atoms with Crippen molar-refractivity contribution in [1.29, 1.82) is 0 Å². The SMILES string of the molecule is COP1N=C(c2c(O)c(C3C=CSC3)nn(CCC3CC3)c2=O)Nc2ccc(NS(C)(=O)=O)cc21. The second-order valence-corrected chi connectivity index (χ2v) is 13.1. The number of benzene rings is 1. The van der Waals surface area contributed by atoms with E-state index >= 15 is 0 Å². The predicted molar refractivity (Wildman–Crippen MR) is 140 cm³/mol. The molecule has 2 aromatic rings. The van der Waals surface area contributed by atoms with Crippen molar-refractivity contribution in [3.8, 4) is 5.75 Å². The van der Waals surface area contributed by atoms with Gasteiger partial charge in [-0.1, -0.05) is 18.9 Å². The molecule has 1 aromatic carbocycles. The number of hydrogen-bond acceptors (Lipinski definition) is 9. The van der Waals surface area contributed by atoms with E-state index in [0.717, 1.165) is 18.4 Å². The van der Waals surface area contributed by atoms with Crippen molar-refractivity contribution in [3.05, 3.63) is 51.3 Å². The van der Waals surface area contributed by atoms with Crippen LogP contribution in [0.3, 0.4) is 0 Å². The van der Waals surface area contributed by atoms with Gasteiger partial charge in [0.05, 0.1) is 17.2 Å². The Morgan fingerprint density at radius 3 is 2.83 bits per heavy atom. The van der Waals surface area contributed by atoms with Crippen LogP contribution in [-0.2, 0) is 21.1 Å². The molecule has 3 heterocycles. The van der Waals surface area contributed by atoms with Crippen molar-refractivity contribution in [2.75, 3.05) is 29.2 Å². The molecule has 13 heteroatoms. The Kier molecular flexibility index (Phi) is 6.65. The number of allylic oxidation sites excluding steroid dienone is 1. The van der Waals surface area contributed by atoms with Crippen LogP contribution in [0.5, 0.6) is 5.75 Å². The van der Waals surface area contributed by atoms with E-state index in [0.29, 0.717) is 34.8 Å². The molecule has 1 aromatic heterocycles. The lowest BCUT2D eigenvalue weighted by atomic mass is 10.0. The molecule has 0 amide bonds. The summed E-state index contributed by atoms with van der Waals surface area (Å²) in [5, 5.41) is 21.6. The molecule has 0 spiro atoms. The molecular formula is C22H26N5O5PS2. The fourth-order valence-corrected chi connectivity index (χ4v) is 6.81. The number of sulfonamides is 1. The summed E-state index contributed by atoms with van der Waals surface area (Å²) in [4.78, 5) is 13.5. The van der Waals surface area contributed by atoms with Gasteiger partial charge in [0, 0.05) is 31.0 Å². The molecule has 3 aliphatic rings. The Labute approximate surface area is 208 Å². The number of nitrogens with one attached hydrogen (secondary N) is 2. The summed E-state index contributed by atoms with van der Waals surface area (Å²) < 4.78 is 37.5. The summed E-state index contributed by atoms with van der Waals surface area (Å²) >= 11 is 1.63. The van der Waals surface area contributed by atoms with Crippen LogP contribution in [0.2, 0.25) is 0 Å². The predicted octanol–water partition coefficient (Wildman–Crippen LogP) is 2.92. The topological polar surface area (TPSA) is 135 Å². The van der Waals surface area contributed by atoms with E-state index in [1.807, 2.05) is 11.5 Å². The van der Waals surface area contributed by atoms with Crippen molar-refractivity contribution >= 4 is 52.6 Å². The number of aryl methyl sites for hydroxylation is 1. The van der Waals surface area contributed by atoms with Gasteiger partial charge >= 0.3 is 0 Å². The number of aromatic nitrogens is 2. The van der Waals surface area contributed by atoms with Crippen molar-refractivity contribution in [2.45, 2.75) is 31.7 Å². The van der Waals surface area contributed by atoms with Crippen molar-refractivity contribution in [1.82, 2.24) is 9.78 Å². The average molecular weight is 536 g/mol. The van der Waals surface area contributed by atoms with Gasteiger partial charge in [0.2, 0.25) is 10.0 Å². The fraction of sp³-hybridized carbons (Fsp3) is 0.409. The lowest BCUT2D eigenvalue weighted by Crippen LogP contribution is -2.35. The minimum absolute atomic E-state index is 0.0737. The highest BCUT2D eigenvalue weighted by Gasteiger charge is 2.31. The summed E-state index contributed by atoms with van der Waals surface area (Å²) in [5.74, 6) is 1.31. The van der Waals surface area contributed by atoms with E-state index in [1.54, 1.807) is 30.0 Å². The molecule has 2 unspecified atom stereocenters. The number of fused-ring (bicyclic) bond motifs is 1. The summed E-state index contributed by atoms with van der Waals surface area (Å²) in [7, 11) is -3.52. The number of hydrogen-bond donors (Lipinski definition) is 3. The van der Waals surface area contributed by atoms with E-state index < -0.39 is 23.9 Å². The first-order valence-electron chi connectivity index (χ1n) is 11.2. The smallest absolute Gasteiger partial charge is 0.281 e. The van der Waals surface area contributed by atoms with Crippen LogP contribution in [0.25, 0.3) is 0 Å². The fourth-order valence-electron chi connectivity index (χ4n) is 4.06. The van der Waals surface area contributed by atoms with E-state index in [4.69, 9.17) is 4.52 Å². The number of aromatic hydroxyl groups is 1. The molecule has 1 aliphatic carbocycles. The summed E-state index contributed by atoms with van der Waals surface area (Å²) in [6, 6.07) is 4.98. The van der Waals surface area contributed by atoms with Gasteiger partial charge in [0.25, 0.3) is 5.56 Å².